The van der Waals surface area contributed by atoms with E-state index in [2.05, 4.69) is 10.7 Å². The Hall–Kier alpha value is -2.41. The van der Waals surface area contributed by atoms with Gasteiger partial charge in [-0.3, -0.25) is 0 Å². The van der Waals surface area contributed by atoms with Gasteiger partial charge in [0.2, 0.25) is 0 Å². The molecule has 0 aromatic heterocycles. The average molecular weight is 290 g/mol. The number of hydrogen-bond acceptors (Lipinski definition) is 1. The Morgan fingerprint density at radius 3 is 2.48 bits per heavy atom. The van der Waals surface area contributed by atoms with Crippen molar-refractivity contribution in [3.63, 3.8) is 0 Å². The summed E-state index contributed by atoms with van der Waals surface area (Å²) in [7, 11) is 0. The van der Waals surface area contributed by atoms with E-state index in [1.54, 1.807) is 6.07 Å². The smallest absolute Gasteiger partial charge is 0.406 e. The van der Waals surface area contributed by atoms with E-state index in [0.717, 1.165) is 17.5 Å². The number of benzene rings is 2. The Morgan fingerprint density at radius 2 is 1.86 bits per heavy atom. The Kier molecular flexibility index (Phi) is 4.23. The first-order chi connectivity index (χ1) is 9.91. The van der Waals surface area contributed by atoms with E-state index < -0.39 is 6.36 Å². The Morgan fingerprint density at radius 1 is 1.10 bits per heavy atom. The molecule has 2 aromatic rings. The molecule has 4 heteroatoms. The summed E-state index contributed by atoms with van der Waals surface area (Å²) >= 11 is 0. The topological polar surface area (TPSA) is 9.23 Å². The van der Waals surface area contributed by atoms with Crippen LogP contribution in [0.2, 0.25) is 0 Å². The van der Waals surface area contributed by atoms with Crippen LogP contribution in [0.4, 0.5) is 13.2 Å². The van der Waals surface area contributed by atoms with E-state index in [0.29, 0.717) is 11.1 Å². The van der Waals surface area contributed by atoms with E-state index in [4.69, 9.17) is 6.42 Å². The molecule has 0 bridgehead atoms. The maximum absolute atomic E-state index is 12.4. The van der Waals surface area contributed by atoms with Gasteiger partial charge >= 0.3 is 6.36 Å². The summed E-state index contributed by atoms with van der Waals surface area (Å²) in [5.41, 5.74) is 2.84. The minimum atomic E-state index is -4.74. The Balaban J connectivity index is 2.48. The monoisotopic (exact) mass is 290 g/mol. The van der Waals surface area contributed by atoms with Crippen molar-refractivity contribution in [2.75, 3.05) is 0 Å². The zero-order valence-corrected chi connectivity index (χ0v) is 11.4. The van der Waals surface area contributed by atoms with Crippen LogP contribution in [0.1, 0.15) is 18.1 Å². The highest BCUT2D eigenvalue weighted by Crippen LogP contribution is 2.30. The van der Waals surface area contributed by atoms with Gasteiger partial charge < -0.3 is 4.74 Å². The quantitative estimate of drug-likeness (QED) is 0.738. The van der Waals surface area contributed by atoms with Crippen molar-refractivity contribution in [1.29, 1.82) is 0 Å². The van der Waals surface area contributed by atoms with Crippen molar-refractivity contribution >= 4 is 0 Å². The lowest BCUT2D eigenvalue weighted by atomic mass is 10.00. The molecule has 0 spiro atoms. The number of halogens is 3. The highest BCUT2D eigenvalue weighted by Gasteiger charge is 2.31. The van der Waals surface area contributed by atoms with E-state index in [1.165, 1.54) is 12.1 Å². The molecule has 0 radical (unpaired) electrons. The zero-order chi connectivity index (χ0) is 15.5. The van der Waals surface area contributed by atoms with Gasteiger partial charge in [0.1, 0.15) is 5.75 Å². The van der Waals surface area contributed by atoms with Crippen molar-refractivity contribution in [2.24, 2.45) is 0 Å². The lowest BCUT2D eigenvalue weighted by molar-refractivity contribution is -0.274. The Bertz CT molecular complexity index is 681. The van der Waals surface area contributed by atoms with Gasteiger partial charge in [-0.1, -0.05) is 37.1 Å². The van der Waals surface area contributed by atoms with Gasteiger partial charge in [0.15, 0.2) is 0 Å². The van der Waals surface area contributed by atoms with Crippen LogP contribution in [-0.4, -0.2) is 6.36 Å². The van der Waals surface area contributed by atoms with Crippen LogP contribution in [0.25, 0.3) is 11.1 Å². The fraction of sp³-hybridized carbons (Fsp3) is 0.176. The van der Waals surface area contributed by atoms with Crippen LogP contribution in [-0.2, 0) is 6.42 Å². The van der Waals surface area contributed by atoms with Crippen LogP contribution in [0.3, 0.4) is 0 Å². The number of hydrogen-bond donors (Lipinski definition) is 0. The highest BCUT2D eigenvalue weighted by atomic mass is 19.4. The van der Waals surface area contributed by atoms with Gasteiger partial charge in [0.05, 0.1) is 0 Å². The molecule has 0 saturated carbocycles. The average Bonchev–Trinajstić information content (AvgIpc) is 2.45. The molecule has 2 rings (SSSR count). The molecule has 21 heavy (non-hydrogen) atoms. The number of rotatable bonds is 3. The second-order valence-electron chi connectivity index (χ2n) is 4.49. The summed E-state index contributed by atoms with van der Waals surface area (Å²) in [4.78, 5) is 0. The largest absolute Gasteiger partial charge is 0.573 e. The summed E-state index contributed by atoms with van der Waals surface area (Å²) in [6, 6.07) is 11.8. The van der Waals surface area contributed by atoms with E-state index in [9.17, 15) is 13.2 Å². The third-order valence-electron chi connectivity index (χ3n) is 2.98. The molecule has 0 fully saturated rings. The van der Waals surface area contributed by atoms with Crippen LogP contribution in [0.5, 0.6) is 5.75 Å². The van der Waals surface area contributed by atoms with Gasteiger partial charge in [-0.2, -0.15) is 0 Å². The first kappa shape index (κ1) is 15.0. The summed E-state index contributed by atoms with van der Waals surface area (Å²) in [5, 5.41) is 0. The number of ether oxygens (including phenoxy) is 1. The minimum Gasteiger partial charge on any atom is -0.406 e. The second kappa shape index (κ2) is 5.92. The van der Waals surface area contributed by atoms with Gasteiger partial charge in [-0.05, 0) is 41.3 Å². The van der Waals surface area contributed by atoms with Crippen LogP contribution < -0.4 is 4.74 Å². The van der Waals surface area contributed by atoms with E-state index >= 15 is 0 Å². The highest BCUT2D eigenvalue weighted by molar-refractivity contribution is 5.68. The molecule has 2 aromatic carbocycles. The van der Waals surface area contributed by atoms with Crippen molar-refractivity contribution in [3.05, 3.63) is 53.6 Å². The van der Waals surface area contributed by atoms with Gasteiger partial charge in [0, 0.05) is 5.56 Å². The molecule has 1 nitrogen and oxygen atoms in total. The fourth-order valence-electron chi connectivity index (χ4n) is 2.01. The van der Waals surface area contributed by atoms with Gasteiger partial charge in [-0.15, -0.1) is 19.6 Å². The van der Waals surface area contributed by atoms with E-state index in [1.807, 2.05) is 31.2 Å². The first-order valence-electron chi connectivity index (χ1n) is 6.38. The normalized spacial score (nSPS) is 11.0. The molecule has 0 saturated heterocycles. The van der Waals surface area contributed by atoms with Crippen molar-refractivity contribution < 1.29 is 17.9 Å². The third-order valence-corrected chi connectivity index (χ3v) is 2.98. The number of aryl methyl sites for hydroxylation is 1. The lowest BCUT2D eigenvalue weighted by Crippen LogP contribution is -2.17. The Labute approximate surface area is 121 Å². The minimum absolute atomic E-state index is 0.310. The summed E-state index contributed by atoms with van der Waals surface area (Å²) < 4.78 is 41.0. The SMILES string of the molecule is C#Cc1cc(OC(F)(F)F)cc(-c2cccc(CC)c2)c1. The van der Waals surface area contributed by atoms with Crippen molar-refractivity contribution in [2.45, 2.75) is 19.7 Å². The number of terminal acetylenes is 1. The maximum atomic E-state index is 12.4. The molecule has 0 aliphatic rings. The van der Waals surface area contributed by atoms with Gasteiger partial charge in [0.25, 0.3) is 0 Å². The predicted molar refractivity (Wildman–Crippen MR) is 75.9 cm³/mol. The summed E-state index contributed by atoms with van der Waals surface area (Å²) in [6.45, 7) is 2.01. The molecule has 0 atom stereocenters. The molecule has 108 valence electrons. The molecule has 0 amide bonds. The van der Waals surface area contributed by atoms with Crippen LogP contribution in [0, 0.1) is 12.3 Å². The predicted octanol–water partition coefficient (Wildman–Crippen LogP) is 4.80. The lowest BCUT2D eigenvalue weighted by Gasteiger charge is -2.12. The fourth-order valence-corrected chi connectivity index (χ4v) is 2.01. The summed E-state index contributed by atoms with van der Waals surface area (Å²) in [5.74, 6) is 2.03. The van der Waals surface area contributed by atoms with Crippen LogP contribution >= 0.6 is 0 Å². The van der Waals surface area contributed by atoms with E-state index in [-0.39, 0.29) is 5.75 Å². The number of alkyl halides is 3. The van der Waals surface area contributed by atoms with Gasteiger partial charge in [-0.25, -0.2) is 0 Å². The van der Waals surface area contributed by atoms with Crippen LogP contribution in [0.15, 0.2) is 42.5 Å². The molecular weight excluding hydrogens is 277 g/mol. The molecule has 0 heterocycles. The van der Waals surface area contributed by atoms with Crippen molar-refractivity contribution in [3.8, 4) is 29.2 Å². The molecule has 0 N–H and O–H groups in total. The third kappa shape index (κ3) is 4.03. The zero-order valence-electron chi connectivity index (χ0n) is 11.4. The second-order valence-corrected chi connectivity index (χ2v) is 4.49. The molecule has 0 aliphatic carbocycles. The molecule has 0 aliphatic heterocycles. The molecule has 0 unspecified atom stereocenters. The van der Waals surface area contributed by atoms with Crippen molar-refractivity contribution in [1.82, 2.24) is 0 Å². The standard InChI is InChI=1S/C17H13F3O/c1-3-12-6-5-7-14(8-12)15-9-13(4-2)10-16(11-15)21-17(18,19)20/h2,5-11H,3H2,1H3. The first-order valence-corrected chi connectivity index (χ1v) is 6.38. The molecular formula is C17H13F3O. The summed E-state index contributed by atoms with van der Waals surface area (Å²) in [6.07, 6.45) is 1.40. The maximum Gasteiger partial charge on any atom is 0.573 e.